The third-order valence-corrected chi connectivity index (χ3v) is 3.80. The SMILES string of the molecule is Cc1ccccc1Cn1c(CCl)nc2c(F)cc(F)cc21. The molecular formula is C16H13ClF2N2. The number of halogens is 3. The summed E-state index contributed by atoms with van der Waals surface area (Å²) in [6, 6.07) is 9.99. The number of rotatable bonds is 3. The zero-order chi connectivity index (χ0) is 15.0. The fourth-order valence-electron chi connectivity index (χ4n) is 2.43. The van der Waals surface area contributed by atoms with Crippen molar-refractivity contribution in [2.45, 2.75) is 19.3 Å². The van der Waals surface area contributed by atoms with E-state index in [1.54, 1.807) is 4.57 Å². The van der Waals surface area contributed by atoms with E-state index in [1.807, 2.05) is 31.2 Å². The molecule has 5 heteroatoms. The topological polar surface area (TPSA) is 17.8 Å². The molecule has 0 aliphatic carbocycles. The Bertz CT molecular complexity index is 811. The quantitative estimate of drug-likeness (QED) is 0.655. The zero-order valence-electron chi connectivity index (χ0n) is 11.4. The zero-order valence-corrected chi connectivity index (χ0v) is 12.2. The number of imidazole rings is 1. The van der Waals surface area contributed by atoms with Crippen molar-refractivity contribution >= 4 is 22.6 Å². The summed E-state index contributed by atoms with van der Waals surface area (Å²) >= 11 is 5.90. The first kappa shape index (κ1) is 14.0. The van der Waals surface area contributed by atoms with Crippen molar-refractivity contribution in [1.29, 1.82) is 0 Å². The van der Waals surface area contributed by atoms with Crippen molar-refractivity contribution in [2.24, 2.45) is 0 Å². The molecule has 0 atom stereocenters. The number of hydrogen-bond acceptors (Lipinski definition) is 1. The number of benzene rings is 2. The molecule has 0 aliphatic rings. The van der Waals surface area contributed by atoms with Gasteiger partial charge in [0.05, 0.1) is 11.4 Å². The molecular weight excluding hydrogens is 294 g/mol. The Labute approximate surface area is 126 Å². The average Bonchev–Trinajstić information content (AvgIpc) is 2.80. The van der Waals surface area contributed by atoms with E-state index in [9.17, 15) is 8.78 Å². The Morgan fingerprint density at radius 2 is 1.95 bits per heavy atom. The number of aromatic nitrogens is 2. The van der Waals surface area contributed by atoms with Gasteiger partial charge in [-0.2, -0.15) is 0 Å². The second kappa shape index (κ2) is 5.45. The third kappa shape index (κ3) is 2.51. The molecule has 1 heterocycles. The highest BCUT2D eigenvalue weighted by atomic mass is 35.5. The van der Waals surface area contributed by atoms with Crippen LogP contribution in [-0.4, -0.2) is 9.55 Å². The first-order valence-electron chi connectivity index (χ1n) is 6.55. The van der Waals surface area contributed by atoms with E-state index in [-0.39, 0.29) is 11.4 Å². The van der Waals surface area contributed by atoms with Crippen LogP contribution < -0.4 is 0 Å². The summed E-state index contributed by atoms with van der Waals surface area (Å²) in [4.78, 5) is 4.19. The maximum atomic E-state index is 13.8. The van der Waals surface area contributed by atoms with E-state index >= 15 is 0 Å². The highest BCUT2D eigenvalue weighted by molar-refractivity contribution is 6.16. The monoisotopic (exact) mass is 306 g/mol. The van der Waals surface area contributed by atoms with Crippen LogP contribution in [0.2, 0.25) is 0 Å². The molecule has 2 nitrogen and oxygen atoms in total. The number of alkyl halides is 1. The predicted molar refractivity (Wildman–Crippen MR) is 79.5 cm³/mol. The van der Waals surface area contributed by atoms with Gasteiger partial charge in [-0.05, 0) is 24.1 Å². The standard InChI is InChI=1S/C16H13ClF2N2/c1-10-4-2-3-5-11(10)9-21-14-7-12(18)6-13(19)16(14)20-15(21)8-17/h2-7H,8-9H2,1H3. The molecule has 0 bridgehead atoms. The smallest absolute Gasteiger partial charge is 0.153 e. The Hall–Kier alpha value is -1.94. The van der Waals surface area contributed by atoms with Crippen LogP contribution in [0.1, 0.15) is 17.0 Å². The van der Waals surface area contributed by atoms with E-state index < -0.39 is 11.6 Å². The van der Waals surface area contributed by atoms with Gasteiger partial charge in [-0.3, -0.25) is 0 Å². The summed E-state index contributed by atoms with van der Waals surface area (Å²) in [5.41, 5.74) is 2.75. The molecule has 0 amide bonds. The molecule has 3 aromatic rings. The molecule has 108 valence electrons. The summed E-state index contributed by atoms with van der Waals surface area (Å²) in [6.45, 7) is 2.48. The molecule has 3 rings (SSSR count). The molecule has 0 fully saturated rings. The second-order valence-corrected chi connectivity index (χ2v) is 5.20. The lowest BCUT2D eigenvalue weighted by molar-refractivity contribution is 0.590. The maximum Gasteiger partial charge on any atom is 0.153 e. The third-order valence-electron chi connectivity index (χ3n) is 3.56. The van der Waals surface area contributed by atoms with Crippen molar-refractivity contribution in [1.82, 2.24) is 9.55 Å². The average molecular weight is 307 g/mol. The van der Waals surface area contributed by atoms with Gasteiger partial charge < -0.3 is 4.57 Å². The van der Waals surface area contributed by atoms with Gasteiger partial charge in [0, 0.05) is 12.6 Å². The Morgan fingerprint density at radius 1 is 1.19 bits per heavy atom. The lowest BCUT2D eigenvalue weighted by Crippen LogP contribution is -2.05. The second-order valence-electron chi connectivity index (χ2n) is 4.93. The Morgan fingerprint density at radius 3 is 2.67 bits per heavy atom. The van der Waals surface area contributed by atoms with E-state index in [1.165, 1.54) is 6.07 Å². The van der Waals surface area contributed by atoms with E-state index in [0.717, 1.165) is 17.2 Å². The Balaban J connectivity index is 2.19. The number of aryl methyl sites for hydroxylation is 1. The van der Waals surface area contributed by atoms with Crippen LogP contribution in [0.25, 0.3) is 11.0 Å². The highest BCUT2D eigenvalue weighted by Crippen LogP contribution is 2.23. The lowest BCUT2D eigenvalue weighted by atomic mass is 10.1. The van der Waals surface area contributed by atoms with Gasteiger partial charge >= 0.3 is 0 Å². The molecule has 2 aromatic carbocycles. The number of hydrogen-bond donors (Lipinski definition) is 0. The Kier molecular flexibility index (Phi) is 3.64. The van der Waals surface area contributed by atoms with Crippen molar-refractivity contribution in [3.63, 3.8) is 0 Å². The minimum Gasteiger partial charge on any atom is -0.322 e. The predicted octanol–water partition coefficient (Wildman–Crippen LogP) is 4.41. The minimum atomic E-state index is -0.667. The van der Waals surface area contributed by atoms with Crippen LogP contribution >= 0.6 is 11.6 Å². The van der Waals surface area contributed by atoms with Crippen LogP contribution in [-0.2, 0) is 12.4 Å². The fourth-order valence-corrected chi connectivity index (χ4v) is 2.64. The maximum absolute atomic E-state index is 13.8. The van der Waals surface area contributed by atoms with Crippen LogP contribution in [0.4, 0.5) is 8.78 Å². The van der Waals surface area contributed by atoms with Gasteiger partial charge in [0.25, 0.3) is 0 Å². The van der Waals surface area contributed by atoms with Gasteiger partial charge in [-0.25, -0.2) is 13.8 Å². The number of nitrogens with zero attached hydrogens (tertiary/aromatic N) is 2. The van der Waals surface area contributed by atoms with E-state index in [2.05, 4.69) is 4.98 Å². The van der Waals surface area contributed by atoms with Crippen molar-refractivity contribution in [3.8, 4) is 0 Å². The van der Waals surface area contributed by atoms with Crippen LogP contribution in [0.15, 0.2) is 36.4 Å². The normalized spacial score (nSPS) is 11.2. The fraction of sp³-hybridized carbons (Fsp3) is 0.188. The van der Waals surface area contributed by atoms with Gasteiger partial charge in [0.15, 0.2) is 5.82 Å². The summed E-state index contributed by atoms with van der Waals surface area (Å²) in [7, 11) is 0. The van der Waals surface area contributed by atoms with Crippen molar-refractivity contribution in [3.05, 3.63) is 65.0 Å². The summed E-state index contributed by atoms with van der Waals surface area (Å²) in [6.07, 6.45) is 0. The number of fused-ring (bicyclic) bond motifs is 1. The largest absolute Gasteiger partial charge is 0.322 e. The lowest BCUT2D eigenvalue weighted by Gasteiger charge is -2.10. The van der Waals surface area contributed by atoms with Crippen LogP contribution in [0.5, 0.6) is 0 Å². The highest BCUT2D eigenvalue weighted by Gasteiger charge is 2.15. The van der Waals surface area contributed by atoms with E-state index in [0.29, 0.717) is 17.9 Å². The van der Waals surface area contributed by atoms with Gasteiger partial charge in [0.1, 0.15) is 17.2 Å². The summed E-state index contributed by atoms with van der Waals surface area (Å²) < 4.78 is 29.1. The van der Waals surface area contributed by atoms with Crippen LogP contribution in [0.3, 0.4) is 0 Å². The molecule has 0 unspecified atom stereocenters. The molecule has 0 radical (unpaired) electrons. The minimum absolute atomic E-state index is 0.140. The summed E-state index contributed by atoms with van der Waals surface area (Å²) in [5, 5.41) is 0. The first-order chi connectivity index (χ1) is 10.1. The van der Waals surface area contributed by atoms with E-state index in [4.69, 9.17) is 11.6 Å². The molecule has 0 aliphatic heterocycles. The summed E-state index contributed by atoms with van der Waals surface area (Å²) in [5.74, 6) is -0.617. The van der Waals surface area contributed by atoms with Gasteiger partial charge in [-0.1, -0.05) is 24.3 Å². The molecule has 0 saturated heterocycles. The van der Waals surface area contributed by atoms with Gasteiger partial charge in [-0.15, -0.1) is 11.6 Å². The van der Waals surface area contributed by atoms with Crippen LogP contribution in [0, 0.1) is 18.6 Å². The van der Waals surface area contributed by atoms with Gasteiger partial charge in [0.2, 0.25) is 0 Å². The molecule has 0 N–H and O–H groups in total. The molecule has 0 saturated carbocycles. The molecule has 1 aromatic heterocycles. The van der Waals surface area contributed by atoms with Crippen molar-refractivity contribution < 1.29 is 8.78 Å². The van der Waals surface area contributed by atoms with Crippen molar-refractivity contribution in [2.75, 3.05) is 0 Å². The first-order valence-corrected chi connectivity index (χ1v) is 7.08. The molecule has 21 heavy (non-hydrogen) atoms. The molecule has 0 spiro atoms.